The molecule has 19 heavy (non-hydrogen) atoms. The second kappa shape index (κ2) is 7.08. The van der Waals surface area contributed by atoms with Gasteiger partial charge in [0, 0.05) is 16.5 Å². The van der Waals surface area contributed by atoms with Gasteiger partial charge in [-0.05, 0) is 13.0 Å². The predicted molar refractivity (Wildman–Crippen MR) is 72.6 cm³/mol. The number of esters is 1. The lowest BCUT2D eigenvalue weighted by Crippen LogP contribution is -2.09. The van der Waals surface area contributed by atoms with Crippen molar-refractivity contribution >= 4 is 27.6 Å². The molecule has 0 saturated heterocycles. The summed E-state index contributed by atoms with van der Waals surface area (Å²) >= 11 is 3.19. The maximum atomic E-state index is 11.5. The van der Waals surface area contributed by atoms with Gasteiger partial charge in [-0.15, -0.1) is 0 Å². The highest BCUT2D eigenvalue weighted by atomic mass is 79.9. The fraction of sp³-hybridized carbons (Fsp3) is 0.417. The standard InChI is InChI=1S/C12H14BrNO5/c1-3-19-12(15)5-8-4-9(7-13)10(14(16)17)6-11(8)18-2/h4,6H,3,5,7H2,1-2H3. The van der Waals surface area contributed by atoms with Crippen molar-refractivity contribution in [3.05, 3.63) is 33.4 Å². The third kappa shape index (κ3) is 3.92. The van der Waals surface area contributed by atoms with Crippen LogP contribution in [-0.4, -0.2) is 24.6 Å². The Hall–Kier alpha value is -1.63. The Balaban J connectivity index is 3.16. The molecule has 0 bridgehead atoms. The van der Waals surface area contributed by atoms with Gasteiger partial charge in [0.1, 0.15) is 5.75 Å². The Morgan fingerprint density at radius 2 is 2.11 bits per heavy atom. The van der Waals surface area contributed by atoms with Gasteiger partial charge in [0.25, 0.3) is 5.69 Å². The summed E-state index contributed by atoms with van der Waals surface area (Å²) in [6.45, 7) is 2.01. The first kappa shape index (κ1) is 15.4. The van der Waals surface area contributed by atoms with E-state index in [2.05, 4.69) is 15.9 Å². The monoisotopic (exact) mass is 331 g/mol. The van der Waals surface area contributed by atoms with Gasteiger partial charge in [0.2, 0.25) is 0 Å². The van der Waals surface area contributed by atoms with Gasteiger partial charge in [0.05, 0.1) is 31.1 Å². The molecule has 7 heteroatoms. The number of nitro groups is 1. The van der Waals surface area contributed by atoms with E-state index in [-0.39, 0.29) is 12.1 Å². The van der Waals surface area contributed by atoms with Crippen LogP contribution in [-0.2, 0) is 21.3 Å². The molecule has 0 unspecified atom stereocenters. The van der Waals surface area contributed by atoms with Crippen LogP contribution in [0.2, 0.25) is 0 Å². The highest BCUT2D eigenvalue weighted by molar-refractivity contribution is 9.08. The minimum atomic E-state index is -0.479. The molecule has 0 radical (unpaired) electrons. The third-order valence-electron chi connectivity index (χ3n) is 2.46. The summed E-state index contributed by atoms with van der Waals surface area (Å²) in [6, 6.07) is 2.91. The van der Waals surface area contributed by atoms with Crippen LogP contribution in [0.3, 0.4) is 0 Å². The van der Waals surface area contributed by atoms with E-state index in [1.54, 1.807) is 13.0 Å². The van der Waals surface area contributed by atoms with Crippen LogP contribution in [0.5, 0.6) is 5.75 Å². The number of halogens is 1. The van der Waals surface area contributed by atoms with Crippen molar-refractivity contribution < 1.29 is 19.2 Å². The van der Waals surface area contributed by atoms with Gasteiger partial charge in [0.15, 0.2) is 0 Å². The molecular formula is C12H14BrNO5. The van der Waals surface area contributed by atoms with Crippen LogP contribution in [0, 0.1) is 10.1 Å². The van der Waals surface area contributed by atoms with E-state index in [4.69, 9.17) is 9.47 Å². The molecule has 104 valence electrons. The zero-order valence-corrected chi connectivity index (χ0v) is 12.2. The van der Waals surface area contributed by atoms with Crippen molar-refractivity contribution in [2.75, 3.05) is 13.7 Å². The topological polar surface area (TPSA) is 78.7 Å². The van der Waals surface area contributed by atoms with Crippen molar-refractivity contribution in [2.24, 2.45) is 0 Å². The van der Waals surface area contributed by atoms with Crippen LogP contribution < -0.4 is 4.74 Å². The third-order valence-corrected chi connectivity index (χ3v) is 3.07. The Morgan fingerprint density at radius 1 is 1.42 bits per heavy atom. The average Bonchev–Trinajstić information content (AvgIpc) is 2.38. The summed E-state index contributed by atoms with van der Waals surface area (Å²) in [5.41, 5.74) is 1.02. The van der Waals surface area contributed by atoms with E-state index < -0.39 is 10.9 Å². The van der Waals surface area contributed by atoms with Crippen molar-refractivity contribution in [1.82, 2.24) is 0 Å². The minimum absolute atomic E-state index is 0.0228. The Labute approximate surface area is 119 Å². The number of rotatable bonds is 6. The molecule has 1 aromatic rings. The summed E-state index contributed by atoms with van der Waals surface area (Å²) in [5, 5.41) is 11.2. The summed E-state index contributed by atoms with van der Waals surface area (Å²) in [6.07, 6.45) is 0.0228. The molecule has 0 N–H and O–H groups in total. The summed E-state index contributed by atoms with van der Waals surface area (Å²) in [4.78, 5) is 21.9. The molecule has 0 fully saturated rings. The zero-order valence-electron chi connectivity index (χ0n) is 10.6. The van der Waals surface area contributed by atoms with E-state index in [0.29, 0.717) is 28.8 Å². The number of carbonyl (C=O) groups excluding carboxylic acids is 1. The predicted octanol–water partition coefficient (Wildman–Crippen LogP) is 2.60. The number of hydrogen-bond acceptors (Lipinski definition) is 5. The number of carbonyl (C=O) groups is 1. The maximum Gasteiger partial charge on any atom is 0.310 e. The minimum Gasteiger partial charge on any atom is -0.496 e. The molecule has 6 nitrogen and oxygen atoms in total. The molecule has 0 aliphatic carbocycles. The molecule has 0 spiro atoms. The smallest absolute Gasteiger partial charge is 0.310 e. The number of nitro benzene ring substituents is 1. The van der Waals surface area contributed by atoms with Gasteiger partial charge in [-0.2, -0.15) is 0 Å². The number of methoxy groups -OCH3 is 1. The average molecular weight is 332 g/mol. The van der Waals surface area contributed by atoms with Crippen LogP contribution in [0.25, 0.3) is 0 Å². The molecular weight excluding hydrogens is 318 g/mol. The lowest BCUT2D eigenvalue weighted by Gasteiger charge is -2.10. The first-order chi connectivity index (χ1) is 9.03. The fourth-order valence-corrected chi connectivity index (χ4v) is 2.09. The van der Waals surface area contributed by atoms with Crippen molar-refractivity contribution in [3.8, 4) is 5.75 Å². The first-order valence-electron chi connectivity index (χ1n) is 5.59. The molecule has 0 aliphatic heterocycles. The second-order valence-corrected chi connectivity index (χ2v) is 4.23. The van der Waals surface area contributed by atoms with Crippen LogP contribution in [0.4, 0.5) is 5.69 Å². The lowest BCUT2D eigenvalue weighted by molar-refractivity contribution is -0.385. The van der Waals surface area contributed by atoms with E-state index in [1.807, 2.05) is 0 Å². The number of nitrogens with zero attached hydrogens (tertiary/aromatic N) is 1. The van der Waals surface area contributed by atoms with Gasteiger partial charge in [-0.25, -0.2) is 0 Å². The summed E-state index contributed by atoms with van der Waals surface area (Å²) in [7, 11) is 1.40. The molecule has 1 rings (SSSR count). The molecule has 0 aliphatic rings. The highest BCUT2D eigenvalue weighted by Crippen LogP contribution is 2.30. The van der Waals surface area contributed by atoms with E-state index in [1.165, 1.54) is 13.2 Å². The van der Waals surface area contributed by atoms with E-state index in [0.717, 1.165) is 0 Å². The van der Waals surface area contributed by atoms with Crippen LogP contribution in [0.15, 0.2) is 12.1 Å². The largest absolute Gasteiger partial charge is 0.496 e. The van der Waals surface area contributed by atoms with Crippen LogP contribution in [0.1, 0.15) is 18.1 Å². The van der Waals surface area contributed by atoms with Gasteiger partial charge in [-0.3, -0.25) is 14.9 Å². The normalized spacial score (nSPS) is 10.1. The van der Waals surface area contributed by atoms with Gasteiger partial charge >= 0.3 is 5.97 Å². The highest BCUT2D eigenvalue weighted by Gasteiger charge is 2.19. The Bertz CT molecular complexity index is 489. The number of ether oxygens (including phenoxy) is 2. The molecule has 0 saturated carbocycles. The number of hydrogen-bond donors (Lipinski definition) is 0. The second-order valence-electron chi connectivity index (χ2n) is 3.67. The Kier molecular flexibility index (Phi) is 5.75. The van der Waals surface area contributed by atoms with Gasteiger partial charge < -0.3 is 9.47 Å². The molecule has 1 aromatic carbocycles. The molecule has 0 amide bonds. The quantitative estimate of drug-likeness (QED) is 0.346. The molecule has 0 atom stereocenters. The molecule has 0 aromatic heterocycles. The number of alkyl halides is 1. The first-order valence-corrected chi connectivity index (χ1v) is 6.71. The number of benzene rings is 1. The van der Waals surface area contributed by atoms with E-state index >= 15 is 0 Å². The van der Waals surface area contributed by atoms with E-state index in [9.17, 15) is 14.9 Å². The Morgan fingerprint density at radius 3 is 2.58 bits per heavy atom. The van der Waals surface area contributed by atoms with Gasteiger partial charge in [-0.1, -0.05) is 15.9 Å². The SMILES string of the molecule is CCOC(=O)Cc1cc(CBr)c([N+](=O)[O-])cc1OC. The maximum absolute atomic E-state index is 11.5. The van der Waals surface area contributed by atoms with Crippen molar-refractivity contribution in [1.29, 1.82) is 0 Å². The summed E-state index contributed by atoms with van der Waals surface area (Å²) < 4.78 is 9.94. The lowest BCUT2D eigenvalue weighted by atomic mass is 10.1. The fourth-order valence-electron chi connectivity index (χ4n) is 1.64. The van der Waals surface area contributed by atoms with Crippen molar-refractivity contribution in [2.45, 2.75) is 18.7 Å². The zero-order chi connectivity index (χ0) is 14.4. The van der Waals surface area contributed by atoms with Crippen LogP contribution >= 0.6 is 15.9 Å². The van der Waals surface area contributed by atoms with Crippen molar-refractivity contribution in [3.63, 3.8) is 0 Å². The molecule has 0 heterocycles. The summed E-state index contributed by atoms with van der Waals surface area (Å²) in [5.74, 6) is -0.0837.